The molecule has 92 valence electrons. The zero-order valence-corrected chi connectivity index (χ0v) is 9.82. The van der Waals surface area contributed by atoms with Gasteiger partial charge in [-0.05, 0) is 5.56 Å². The predicted octanol–water partition coefficient (Wildman–Crippen LogP) is 1.69. The molecule has 0 saturated heterocycles. The van der Waals surface area contributed by atoms with Crippen LogP contribution in [0.25, 0.3) is 0 Å². The molecule has 0 aliphatic heterocycles. The second-order valence-corrected chi connectivity index (χ2v) is 3.48. The normalized spacial score (nSPS) is 9.65. The molecule has 4 heteroatoms. The molecular formula is C13H18N2O2. The SMILES string of the molecule is C=CCNCCNC(=O)OCc1ccccc1. The standard InChI is InChI=1S/C13H18N2O2/c1-2-8-14-9-10-15-13(16)17-11-12-6-4-3-5-7-12/h2-7,14H,1,8-11H2,(H,15,16). The molecule has 1 aromatic rings. The van der Waals surface area contributed by atoms with Crippen LogP contribution in [0.5, 0.6) is 0 Å². The number of ether oxygens (including phenoxy) is 1. The molecule has 4 nitrogen and oxygen atoms in total. The van der Waals surface area contributed by atoms with Crippen LogP contribution in [0.4, 0.5) is 4.79 Å². The van der Waals surface area contributed by atoms with Crippen LogP contribution in [0.2, 0.25) is 0 Å². The van der Waals surface area contributed by atoms with Gasteiger partial charge in [0.25, 0.3) is 0 Å². The van der Waals surface area contributed by atoms with Crippen molar-refractivity contribution in [3.05, 3.63) is 48.6 Å². The monoisotopic (exact) mass is 234 g/mol. The molecule has 0 atom stereocenters. The average Bonchev–Trinajstić information content (AvgIpc) is 2.37. The summed E-state index contributed by atoms with van der Waals surface area (Å²) in [6, 6.07) is 9.58. The molecule has 1 aromatic carbocycles. The molecule has 0 heterocycles. The summed E-state index contributed by atoms with van der Waals surface area (Å²) in [6.07, 6.45) is 1.38. The first-order chi connectivity index (χ1) is 8.33. The van der Waals surface area contributed by atoms with Gasteiger partial charge in [0.05, 0.1) is 0 Å². The van der Waals surface area contributed by atoms with Crippen molar-refractivity contribution < 1.29 is 9.53 Å². The number of carbonyl (C=O) groups excluding carboxylic acids is 1. The van der Waals surface area contributed by atoms with Crippen molar-refractivity contribution in [1.29, 1.82) is 0 Å². The maximum Gasteiger partial charge on any atom is 0.407 e. The fraction of sp³-hybridized carbons (Fsp3) is 0.308. The lowest BCUT2D eigenvalue weighted by Gasteiger charge is -2.07. The molecular weight excluding hydrogens is 216 g/mol. The zero-order valence-electron chi connectivity index (χ0n) is 9.82. The van der Waals surface area contributed by atoms with Crippen molar-refractivity contribution in [2.75, 3.05) is 19.6 Å². The quantitative estimate of drug-likeness (QED) is 0.557. The van der Waals surface area contributed by atoms with Gasteiger partial charge in [0.1, 0.15) is 6.61 Å². The summed E-state index contributed by atoms with van der Waals surface area (Å²) in [4.78, 5) is 11.3. The van der Waals surface area contributed by atoms with Gasteiger partial charge in [0, 0.05) is 19.6 Å². The predicted molar refractivity (Wildman–Crippen MR) is 67.7 cm³/mol. The Bertz CT molecular complexity index is 339. The molecule has 0 aliphatic carbocycles. The lowest BCUT2D eigenvalue weighted by molar-refractivity contribution is 0.140. The van der Waals surface area contributed by atoms with Gasteiger partial charge in [-0.25, -0.2) is 4.79 Å². The number of hydrogen-bond donors (Lipinski definition) is 2. The van der Waals surface area contributed by atoms with Gasteiger partial charge in [0.15, 0.2) is 0 Å². The van der Waals surface area contributed by atoms with Crippen LogP contribution in [0.1, 0.15) is 5.56 Å². The van der Waals surface area contributed by atoms with E-state index >= 15 is 0 Å². The number of hydrogen-bond acceptors (Lipinski definition) is 3. The van der Waals surface area contributed by atoms with E-state index in [2.05, 4.69) is 17.2 Å². The summed E-state index contributed by atoms with van der Waals surface area (Å²) in [6.45, 7) is 5.86. The highest BCUT2D eigenvalue weighted by Crippen LogP contribution is 2.00. The molecule has 0 saturated carbocycles. The molecule has 0 unspecified atom stereocenters. The lowest BCUT2D eigenvalue weighted by Crippen LogP contribution is -2.32. The first-order valence-electron chi connectivity index (χ1n) is 5.59. The van der Waals surface area contributed by atoms with Gasteiger partial charge in [-0.1, -0.05) is 36.4 Å². The summed E-state index contributed by atoms with van der Waals surface area (Å²) in [5.41, 5.74) is 0.979. The number of nitrogens with one attached hydrogen (secondary N) is 2. The minimum Gasteiger partial charge on any atom is -0.445 e. The number of alkyl carbamates (subject to hydrolysis) is 1. The summed E-state index contributed by atoms with van der Waals surface area (Å²) >= 11 is 0. The minimum atomic E-state index is -0.394. The van der Waals surface area contributed by atoms with Crippen molar-refractivity contribution in [2.24, 2.45) is 0 Å². The van der Waals surface area contributed by atoms with Gasteiger partial charge in [-0.3, -0.25) is 0 Å². The highest BCUT2D eigenvalue weighted by molar-refractivity contribution is 5.67. The fourth-order valence-electron chi connectivity index (χ4n) is 1.23. The molecule has 2 N–H and O–H groups in total. The van der Waals surface area contributed by atoms with Gasteiger partial charge < -0.3 is 15.4 Å². The second kappa shape index (κ2) is 8.35. The van der Waals surface area contributed by atoms with Gasteiger partial charge in [0.2, 0.25) is 0 Å². The van der Waals surface area contributed by atoms with Crippen molar-refractivity contribution in [2.45, 2.75) is 6.61 Å². The highest BCUT2D eigenvalue weighted by atomic mass is 16.5. The third-order valence-electron chi connectivity index (χ3n) is 2.07. The van der Waals surface area contributed by atoms with E-state index in [1.807, 2.05) is 30.3 Å². The first-order valence-corrected chi connectivity index (χ1v) is 5.59. The molecule has 0 aromatic heterocycles. The van der Waals surface area contributed by atoms with E-state index in [-0.39, 0.29) is 0 Å². The van der Waals surface area contributed by atoms with E-state index in [0.29, 0.717) is 19.7 Å². The Labute approximate surface area is 102 Å². The van der Waals surface area contributed by atoms with E-state index in [1.165, 1.54) is 0 Å². The maximum atomic E-state index is 11.3. The van der Waals surface area contributed by atoms with Crippen LogP contribution in [0.3, 0.4) is 0 Å². The smallest absolute Gasteiger partial charge is 0.407 e. The van der Waals surface area contributed by atoms with E-state index in [4.69, 9.17) is 4.74 Å². The van der Waals surface area contributed by atoms with E-state index < -0.39 is 6.09 Å². The van der Waals surface area contributed by atoms with Crippen LogP contribution < -0.4 is 10.6 Å². The van der Waals surface area contributed by atoms with Crippen molar-refractivity contribution in [1.82, 2.24) is 10.6 Å². The number of amides is 1. The largest absolute Gasteiger partial charge is 0.445 e. The lowest BCUT2D eigenvalue weighted by atomic mass is 10.2. The van der Waals surface area contributed by atoms with Gasteiger partial charge in [-0.15, -0.1) is 6.58 Å². The third kappa shape index (κ3) is 6.37. The Kier molecular flexibility index (Phi) is 6.51. The fourth-order valence-corrected chi connectivity index (χ4v) is 1.23. The van der Waals surface area contributed by atoms with Crippen molar-refractivity contribution in [3.8, 4) is 0 Å². The molecule has 1 rings (SSSR count). The van der Waals surface area contributed by atoms with Crippen LogP contribution in [-0.2, 0) is 11.3 Å². The van der Waals surface area contributed by atoms with E-state index in [1.54, 1.807) is 6.08 Å². The summed E-state index contributed by atoms with van der Waals surface area (Å²) in [7, 11) is 0. The van der Waals surface area contributed by atoms with Crippen molar-refractivity contribution >= 4 is 6.09 Å². The summed E-state index contributed by atoms with van der Waals surface area (Å²) in [5.74, 6) is 0. The Balaban J connectivity index is 2.07. The number of carbonyl (C=O) groups is 1. The molecule has 0 fully saturated rings. The molecule has 0 aliphatic rings. The van der Waals surface area contributed by atoms with Gasteiger partial charge >= 0.3 is 6.09 Å². The van der Waals surface area contributed by atoms with Crippen LogP contribution in [0, 0.1) is 0 Å². The Morgan fingerprint density at radius 2 is 2.06 bits per heavy atom. The van der Waals surface area contributed by atoms with E-state index in [0.717, 1.165) is 12.1 Å². The molecule has 0 spiro atoms. The van der Waals surface area contributed by atoms with Crippen molar-refractivity contribution in [3.63, 3.8) is 0 Å². The number of rotatable bonds is 7. The van der Waals surface area contributed by atoms with Crippen LogP contribution in [-0.4, -0.2) is 25.7 Å². The first kappa shape index (κ1) is 13.3. The second-order valence-electron chi connectivity index (χ2n) is 3.48. The topological polar surface area (TPSA) is 50.4 Å². The van der Waals surface area contributed by atoms with Crippen LogP contribution >= 0.6 is 0 Å². The average molecular weight is 234 g/mol. The summed E-state index contributed by atoms with van der Waals surface area (Å²) in [5, 5.41) is 5.73. The zero-order chi connectivity index (χ0) is 12.3. The minimum absolute atomic E-state index is 0.298. The molecule has 1 amide bonds. The Morgan fingerprint density at radius 3 is 2.76 bits per heavy atom. The molecule has 17 heavy (non-hydrogen) atoms. The van der Waals surface area contributed by atoms with Gasteiger partial charge in [-0.2, -0.15) is 0 Å². The third-order valence-corrected chi connectivity index (χ3v) is 2.07. The molecule has 0 radical (unpaired) electrons. The van der Waals surface area contributed by atoms with E-state index in [9.17, 15) is 4.79 Å². The molecule has 0 bridgehead atoms. The highest BCUT2D eigenvalue weighted by Gasteiger charge is 2.00. The number of benzene rings is 1. The Hall–Kier alpha value is -1.81. The maximum absolute atomic E-state index is 11.3. The Morgan fingerprint density at radius 1 is 1.29 bits per heavy atom. The van der Waals surface area contributed by atoms with Crippen LogP contribution in [0.15, 0.2) is 43.0 Å². The summed E-state index contributed by atoms with van der Waals surface area (Å²) < 4.78 is 5.04.